The molecule has 2 aliphatic rings. The van der Waals surface area contributed by atoms with Crippen LogP contribution in [0.25, 0.3) is 11.2 Å². The topological polar surface area (TPSA) is 318 Å². The van der Waals surface area contributed by atoms with Gasteiger partial charge >= 0.3 is 15.2 Å². The first-order valence-corrected chi connectivity index (χ1v) is 16.7. The Morgan fingerprint density at radius 1 is 0.977 bits per heavy atom. The van der Waals surface area contributed by atoms with Gasteiger partial charge in [0.1, 0.15) is 65.3 Å². The molecule has 0 aromatic carbocycles. The fourth-order valence-corrected chi connectivity index (χ4v) is 8.56. The summed E-state index contributed by atoms with van der Waals surface area (Å²) < 4.78 is 47.4. The van der Waals surface area contributed by atoms with Crippen molar-refractivity contribution < 1.29 is 62.7 Å². The lowest BCUT2D eigenvalue weighted by molar-refractivity contribution is -0.0484. The van der Waals surface area contributed by atoms with Gasteiger partial charge in [0.15, 0.2) is 23.6 Å². The van der Waals surface area contributed by atoms with E-state index < -0.39 is 89.2 Å². The molecule has 3 aromatic heterocycles. The Balaban J connectivity index is 1.15. The molecule has 2 saturated heterocycles. The maximum Gasteiger partial charge on any atom is 0.340 e. The zero-order valence-electron chi connectivity index (χ0n) is 21.7. The van der Waals surface area contributed by atoms with E-state index in [4.69, 9.17) is 30.0 Å². The van der Waals surface area contributed by atoms with Crippen LogP contribution in [0.3, 0.4) is 0 Å². The van der Waals surface area contributed by atoms with Crippen LogP contribution in [-0.4, -0.2) is 116 Å². The Morgan fingerprint density at radius 3 is 2.23 bits per heavy atom. The van der Waals surface area contributed by atoms with Crippen LogP contribution < -0.4 is 11.5 Å². The lowest BCUT2D eigenvalue weighted by Gasteiger charge is -2.21. The van der Waals surface area contributed by atoms with E-state index in [9.17, 15) is 44.1 Å². The highest BCUT2D eigenvalue weighted by atomic mass is 32.1. The van der Waals surface area contributed by atoms with Gasteiger partial charge < -0.3 is 60.2 Å². The van der Waals surface area contributed by atoms with Gasteiger partial charge in [0, 0.05) is 5.38 Å². The number of fused-ring (bicyclic) bond motifs is 1. The molecule has 5 rings (SSSR count). The summed E-state index contributed by atoms with van der Waals surface area (Å²) in [5.74, 6) is -2.14. The average Bonchev–Trinajstić information content (AvgIpc) is 3.70. The number of anilines is 1. The van der Waals surface area contributed by atoms with Gasteiger partial charge in [-0.3, -0.25) is 18.5 Å². The van der Waals surface area contributed by atoms with Gasteiger partial charge in [-0.15, -0.1) is 11.3 Å². The number of nitrogen functional groups attached to an aromatic ring is 1. The van der Waals surface area contributed by atoms with Crippen molar-refractivity contribution in [1.29, 1.82) is 0 Å². The number of thiazole rings is 1. The summed E-state index contributed by atoms with van der Waals surface area (Å²) in [6.07, 6.45) is -9.01. The van der Waals surface area contributed by atoms with Crippen LogP contribution in [0.5, 0.6) is 0 Å². The molecule has 0 aliphatic carbocycles. The average molecular weight is 667 g/mol. The summed E-state index contributed by atoms with van der Waals surface area (Å²) in [5.41, 5.74) is 11.2. The highest BCUT2D eigenvalue weighted by Gasteiger charge is 2.48. The first-order valence-electron chi connectivity index (χ1n) is 12.3. The molecule has 2 unspecified atom stereocenters. The number of carbonyl (C=O) groups excluding carboxylic acids is 1. The van der Waals surface area contributed by atoms with E-state index in [2.05, 4.69) is 19.9 Å². The quantitative estimate of drug-likeness (QED) is 0.101. The lowest BCUT2D eigenvalue weighted by atomic mass is 10.1. The minimum Gasteiger partial charge on any atom is -0.387 e. The summed E-state index contributed by atoms with van der Waals surface area (Å²) in [6, 6.07) is 0. The van der Waals surface area contributed by atoms with Crippen molar-refractivity contribution in [3.05, 3.63) is 28.7 Å². The van der Waals surface area contributed by atoms with Crippen molar-refractivity contribution >= 4 is 49.4 Å². The second-order valence-corrected chi connectivity index (χ2v) is 14.7. The fourth-order valence-electron chi connectivity index (χ4n) is 4.46. The molecule has 10 atom stereocenters. The first kappa shape index (κ1) is 31.9. The number of ether oxygens (including phenoxy) is 2. The van der Waals surface area contributed by atoms with Crippen molar-refractivity contribution in [2.24, 2.45) is 5.73 Å². The molecular weight excluding hydrogens is 640 g/mol. The van der Waals surface area contributed by atoms with Crippen LogP contribution >= 0.6 is 26.5 Å². The zero-order valence-corrected chi connectivity index (χ0v) is 24.3. The third-order valence-electron chi connectivity index (χ3n) is 6.62. The molecular formula is C20H27N7O13P2S. The number of aromatic nitrogens is 5. The van der Waals surface area contributed by atoms with Gasteiger partial charge in [0.25, 0.3) is 5.91 Å². The summed E-state index contributed by atoms with van der Waals surface area (Å²) in [4.78, 5) is 47.5. The molecule has 43 heavy (non-hydrogen) atoms. The van der Waals surface area contributed by atoms with E-state index in [1.165, 1.54) is 16.3 Å². The Kier molecular flexibility index (Phi) is 9.00. The van der Waals surface area contributed by atoms with E-state index in [0.717, 1.165) is 17.7 Å². The van der Waals surface area contributed by atoms with E-state index in [0.29, 0.717) is 0 Å². The Hall–Kier alpha value is -2.49. The Morgan fingerprint density at radius 2 is 1.60 bits per heavy atom. The van der Waals surface area contributed by atoms with Crippen LogP contribution in [0.4, 0.5) is 5.82 Å². The standard InChI is InChI=1S/C20H27N7O13P2S/c21-16-10-18(24-4-23-16)27(5-25-10)20-14(31)12(29)9(40-20)2-38-42(35,36)6-41(33,34)37-1-8-11(28)13(30)15(39-8)19-26-7(3-43-19)17(22)32/h3-5,8-9,11-15,20,28-31H,1-2,6H2,(H2,22,32)(H,33,34)(H,35,36)(H2,21,23,24)/t8-,9-,11-,12-,13-,14-,15+,20-/m1/s1. The van der Waals surface area contributed by atoms with Gasteiger partial charge in [-0.1, -0.05) is 0 Å². The Bertz CT molecular complexity index is 1590. The molecule has 5 heterocycles. The highest BCUT2D eigenvalue weighted by molar-refractivity contribution is 7.70. The molecule has 3 aromatic rings. The predicted octanol–water partition coefficient (Wildman–Crippen LogP) is -2.19. The van der Waals surface area contributed by atoms with Crippen molar-refractivity contribution in [3.63, 3.8) is 0 Å². The summed E-state index contributed by atoms with van der Waals surface area (Å²) >= 11 is 0.932. The number of carbonyl (C=O) groups is 1. The number of amides is 1. The molecule has 2 fully saturated rings. The maximum atomic E-state index is 12.6. The molecule has 0 saturated carbocycles. The number of hydrogen-bond acceptors (Lipinski definition) is 17. The smallest absolute Gasteiger partial charge is 0.340 e. The van der Waals surface area contributed by atoms with Gasteiger partial charge in [-0.05, 0) is 0 Å². The molecule has 2 aliphatic heterocycles. The second kappa shape index (κ2) is 12.1. The summed E-state index contributed by atoms with van der Waals surface area (Å²) in [6.45, 7) is -1.55. The number of hydrogen-bond donors (Lipinski definition) is 8. The normalized spacial score (nSPS) is 32.1. The minimum absolute atomic E-state index is 0.0665. The number of primary amides is 1. The van der Waals surface area contributed by atoms with Crippen molar-refractivity contribution in [3.8, 4) is 0 Å². The number of nitrogens with two attached hydrogens (primary N) is 2. The van der Waals surface area contributed by atoms with Crippen LogP contribution in [0, 0.1) is 0 Å². The molecule has 0 spiro atoms. The van der Waals surface area contributed by atoms with Crippen molar-refractivity contribution in [1.82, 2.24) is 24.5 Å². The summed E-state index contributed by atoms with van der Waals surface area (Å²) in [5, 5.41) is 43.0. The molecule has 23 heteroatoms. The molecule has 0 bridgehead atoms. The van der Waals surface area contributed by atoms with Crippen LogP contribution in [0.2, 0.25) is 0 Å². The first-order chi connectivity index (χ1) is 20.2. The SMILES string of the molecule is NC(=O)c1csc([C@H]2O[C@H](COP(=O)(O)CP(=O)(O)OC[C@H]3O[C@@H](n4cnc5c(N)ncnc54)[C@H](O)[C@@H]3O)[C@@H](O)[C@H]2O)n1. The number of aliphatic hydroxyl groups excluding tert-OH is 4. The summed E-state index contributed by atoms with van der Waals surface area (Å²) in [7, 11) is -9.73. The van der Waals surface area contributed by atoms with E-state index in [1.807, 2.05) is 0 Å². The van der Waals surface area contributed by atoms with E-state index in [-0.39, 0.29) is 27.7 Å². The van der Waals surface area contributed by atoms with Crippen LogP contribution in [0.1, 0.15) is 27.8 Å². The predicted molar refractivity (Wildman–Crippen MR) is 142 cm³/mol. The zero-order chi connectivity index (χ0) is 31.3. The minimum atomic E-state index is -4.87. The van der Waals surface area contributed by atoms with Gasteiger partial charge in [0.2, 0.25) is 0 Å². The van der Waals surface area contributed by atoms with Crippen LogP contribution in [0.15, 0.2) is 18.0 Å². The molecule has 1 amide bonds. The van der Waals surface area contributed by atoms with Crippen molar-refractivity contribution in [2.45, 2.75) is 49.0 Å². The number of imidazole rings is 1. The lowest BCUT2D eigenvalue weighted by Crippen LogP contribution is -2.33. The number of rotatable bonds is 11. The van der Waals surface area contributed by atoms with Gasteiger partial charge in [-0.2, -0.15) is 0 Å². The van der Waals surface area contributed by atoms with Crippen LogP contribution in [-0.2, 0) is 27.7 Å². The van der Waals surface area contributed by atoms with E-state index >= 15 is 0 Å². The number of aliphatic hydroxyl groups is 4. The molecule has 236 valence electrons. The van der Waals surface area contributed by atoms with Gasteiger partial charge in [-0.25, -0.2) is 19.9 Å². The third kappa shape index (κ3) is 6.64. The monoisotopic (exact) mass is 667 g/mol. The third-order valence-corrected chi connectivity index (χ3v) is 11.5. The molecule has 0 radical (unpaired) electrons. The second-order valence-electron chi connectivity index (χ2n) is 9.65. The highest BCUT2D eigenvalue weighted by Crippen LogP contribution is 2.58. The Labute approximate surface area is 244 Å². The largest absolute Gasteiger partial charge is 0.387 e. The molecule has 20 nitrogen and oxygen atoms in total. The van der Waals surface area contributed by atoms with E-state index in [1.54, 1.807) is 0 Å². The van der Waals surface area contributed by atoms with Gasteiger partial charge in [0.05, 0.1) is 19.5 Å². The maximum absolute atomic E-state index is 12.6. The fraction of sp³-hybridized carbons (Fsp3) is 0.550. The van der Waals surface area contributed by atoms with Crippen molar-refractivity contribution in [2.75, 3.05) is 24.9 Å². The molecule has 10 N–H and O–H groups in total. The number of nitrogens with zero attached hydrogens (tertiary/aromatic N) is 5.